The lowest BCUT2D eigenvalue weighted by atomic mass is 10.1. The number of nitrogens with one attached hydrogen (secondary N) is 1. The number of nitrogen functional groups attached to an aromatic ring is 1. The van der Waals surface area contributed by atoms with Crippen molar-refractivity contribution in [2.45, 2.75) is 6.92 Å². The highest BCUT2D eigenvalue weighted by Crippen LogP contribution is 2.12. The van der Waals surface area contributed by atoms with E-state index in [-0.39, 0.29) is 6.54 Å². The minimum atomic E-state index is -0.627. The number of ether oxygens (including phenoxy) is 1. The molecule has 6 nitrogen and oxygen atoms in total. The topological polar surface area (TPSA) is 105 Å². The zero-order valence-electron chi connectivity index (χ0n) is 9.90. The van der Waals surface area contributed by atoms with Crippen LogP contribution in [0.4, 0.5) is 5.69 Å². The summed E-state index contributed by atoms with van der Waals surface area (Å²) < 4.78 is 4.78. The molecule has 0 saturated heterocycles. The number of carbonyl (C=O) groups excluding carboxylic acids is 2. The van der Waals surface area contributed by atoms with Gasteiger partial charge < -0.3 is 15.8 Å². The van der Waals surface area contributed by atoms with Gasteiger partial charge in [-0.25, -0.2) is 4.79 Å². The Hall–Kier alpha value is -2.55. The van der Waals surface area contributed by atoms with Crippen LogP contribution in [-0.4, -0.2) is 25.0 Å². The summed E-state index contributed by atoms with van der Waals surface area (Å²) in [5.41, 5.74) is 7.17. The van der Waals surface area contributed by atoms with E-state index in [0.29, 0.717) is 11.3 Å². The molecule has 0 radical (unpaired) electrons. The van der Waals surface area contributed by atoms with Crippen molar-refractivity contribution in [1.29, 1.82) is 5.26 Å². The summed E-state index contributed by atoms with van der Waals surface area (Å²) in [4.78, 5) is 22.7. The summed E-state index contributed by atoms with van der Waals surface area (Å²) in [6.07, 6.45) is 0. The molecule has 6 heteroatoms. The average molecular weight is 247 g/mol. The predicted octanol–water partition coefficient (Wildman–Crippen LogP) is 0.374. The molecular formula is C12H13N3O3. The summed E-state index contributed by atoms with van der Waals surface area (Å²) in [5.74, 6) is -1.15. The molecule has 0 unspecified atom stereocenters. The van der Waals surface area contributed by atoms with E-state index in [4.69, 9.17) is 15.7 Å². The maximum atomic E-state index is 11.6. The van der Waals surface area contributed by atoms with Gasteiger partial charge in [0, 0.05) is 5.69 Å². The average Bonchev–Trinajstić information content (AvgIpc) is 2.32. The minimum Gasteiger partial charge on any atom is -0.452 e. The molecule has 0 saturated carbocycles. The van der Waals surface area contributed by atoms with Gasteiger partial charge in [-0.2, -0.15) is 5.26 Å². The number of rotatable bonds is 4. The van der Waals surface area contributed by atoms with E-state index in [9.17, 15) is 9.59 Å². The van der Waals surface area contributed by atoms with Crippen LogP contribution >= 0.6 is 0 Å². The molecule has 0 bridgehead atoms. The first kappa shape index (κ1) is 13.5. The quantitative estimate of drug-likeness (QED) is 0.454. The fraction of sp³-hybridized carbons (Fsp3) is 0.250. The number of hydrogen-bond donors (Lipinski definition) is 2. The molecule has 0 heterocycles. The van der Waals surface area contributed by atoms with Gasteiger partial charge in [0.1, 0.15) is 6.54 Å². The van der Waals surface area contributed by atoms with E-state index in [2.05, 4.69) is 5.32 Å². The highest BCUT2D eigenvalue weighted by molar-refractivity contribution is 5.92. The molecule has 0 aliphatic heterocycles. The highest BCUT2D eigenvalue weighted by Gasteiger charge is 2.10. The third-order valence-corrected chi connectivity index (χ3v) is 2.03. The lowest BCUT2D eigenvalue weighted by Gasteiger charge is -2.06. The van der Waals surface area contributed by atoms with E-state index < -0.39 is 18.5 Å². The molecule has 18 heavy (non-hydrogen) atoms. The Morgan fingerprint density at radius 2 is 2.17 bits per heavy atom. The summed E-state index contributed by atoms with van der Waals surface area (Å²) in [6.45, 7) is 1.26. The Bertz CT molecular complexity index is 486. The maximum Gasteiger partial charge on any atom is 0.338 e. The second-order valence-electron chi connectivity index (χ2n) is 3.64. The Balaban J connectivity index is 2.55. The normalized spacial score (nSPS) is 9.33. The van der Waals surface area contributed by atoms with Crippen molar-refractivity contribution >= 4 is 17.6 Å². The van der Waals surface area contributed by atoms with Crippen LogP contribution in [0.2, 0.25) is 0 Å². The first-order valence-corrected chi connectivity index (χ1v) is 5.21. The standard InChI is InChI=1S/C12H13N3O3/c1-8-4-9(6-10(14)5-8)12(17)18-7-11(16)15-3-2-13/h4-6H,3,7,14H2,1H3,(H,15,16). The van der Waals surface area contributed by atoms with E-state index >= 15 is 0 Å². The van der Waals surface area contributed by atoms with Gasteiger partial charge in [0.05, 0.1) is 11.6 Å². The van der Waals surface area contributed by atoms with Crippen molar-refractivity contribution in [2.24, 2.45) is 0 Å². The molecule has 0 aliphatic carbocycles. The van der Waals surface area contributed by atoms with Gasteiger partial charge in [0.15, 0.2) is 6.61 Å². The fourth-order valence-electron chi connectivity index (χ4n) is 1.33. The van der Waals surface area contributed by atoms with Crippen molar-refractivity contribution in [3.63, 3.8) is 0 Å². The van der Waals surface area contributed by atoms with Crippen molar-refractivity contribution in [1.82, 2.24) is 5.32 Å². The van der Waals surface area contributed by atoms with Crippen molar-refractivity contribution in [3.8, 4) is 6.07 Å². The van der Waals surface area contributed by atoms with Gasteiger partial charge in [-0.1, -0.05) is 0 Å². The highest BCUT2D eigenvalue weighted by atomic mass is 16.5. The lowest BCUT2D eigenvalue weighted by Crippen LogP contribution is -2.29. The lowest BCUT2D eigenvalue weighted by molar-refractivity contribution is -0.123. The monoisotopic (exact) mass is 247 g/mol. The maximum absolute atomic E-state index is 11.6. The number of nitriles is 1. The number of hydrogen-bond acceptors (Lipinski definition) is 5. The summed E-state index contributed by atoms with van der Waals surface area (Å²) in [7, 11) is 0. The first-order chi connectivity index (χ1) is 8.52. The third-order valence-electron chi connectivity index (χ3n) is 2.03. The van der Waals surface area contributed by atoms with Gasteiger partial charge in [-0.05, 0) is 30.7 Å². The smallest absolute Gasteiger partial charge is 0.338 e. The van der Waals surface area contributed by atoms with Crippen LogP contribution in [0, 0.1) is 18.3 Å². The van der Waals surface area contributed by atoms with Gasteiger partial charge in [-0.15, -0.1) is 0 Å². The molecule has 0 aliphatic rings. The zero-order chi connectivity index (χ0) is 13.5. The molecule has 0 atom stereocenters. The van der Waals surface area contributed by atoms with Crippen LogP contribution in [0.5, 0.6) is 0 Å². The van der Waals surface area contributed by atoms with Crippen LogP contribution in [-0.2, 0) is 9.53 Å². The summed E-state index contributed by atoms with van der Waals surface area (Å²) >= 11 is 0. The van der Waals surface area contributed by atoms with E-state index in [1.165, 1.54) is 6.07 Å². The van der Waals surface area contributed by atoms with Crippen LogP contribution < -0.4 is 11.1 Å². The van der Waals surface area contributed by atoms with Gasteiger partial charge in [-0.3, -0.25) is 4.79 Å². The molecule has 1 aromatic rings. The number of nitrogens with two attached hydrogens (primary N) is 1. The molecule has 0 spiro atoms. The molecule has 1 amide bonds. The van der Waals surface area contributed by atoms with Crippen LogP contribution in [0.3, 0.4) is 0 Å². The Morgan fingerprint density at radius 1 is 1.44 bits per heavy atom. The first-order valence-electron chi connectivity index (χ1n) is 5.21. The Kier molecular flexibility index (Phi) is 4.69. The van der Waals surface area contributed by atoms with E-state index in [0.717, 1.165) is 5.56 Å². The Labute approximate surface area is 104 Å². The van der Waals surface area contributed by atoms with Crippen molar-refractivity contribution < 1.29 is 14.3 Å². The van der Waals surface area contributed by atoms with Gasteiger partial charge in [0.25, 0.3) is 5.91 Å². The molecule has 3 N–H and O–H groups in total. The molecule has 0 fully saturated rings. The molecule has 1 aromatic carbocycles. The molecule has 0 aromatic heterocycles. The fourth-order valence-corrected chi connectivity index (χ4v) is 1.33. The number of carbonyl (C=O) groups is 2. The van der Waals surface area contributed by atoms with Crippen LogP contribution in [0.25, 0.3) is 0 Å². The number of aryl methyl sites for hydroxylation is 1. The summed E-state index contributed by atoms with van der Waals surface area (Å²) in [5, 5.41) is 10.5. The minimum absolute atomic E-state index is 0.117. The van der Waals surface area contributed by atoms with Crippen LogP contribution in [0.15, 0.2) is 18.2 Å². The second-order valence-corrected chi connectivity index (χ2v) is 3.64. The van der Waals surface area contributed by atoms with Gasteiger partial charge >= 0.3 is 5.97 Å². The molecule has 1 rings (SSSR count). The number of amides is 1. The van der Waals surface area contributed by atoms with E-state index in [1.807, 2.05) is 0 Å². The number of anilines is 1. The number of benzene rings is 1. The van der Waals surface area contributed by atoms with E-state index in [1.54, 1.807) is 25.1 Å². The van der Waals surface area contributed by atoms with Gasteiger partial charge in [0.2, 0.25) is 0 Å². The molecular weight excluding hydrogens is 234 g/mol. The third kappa shape index (κ3) is 4.14. The predicted molar refractivity (Wildman–Crippen MR) is 64.5 cm³/mol. The summed E-state index contributed by atoms with van der Waals surface area (Å²) in [6, 6.07) is 6.55. The number of nitrogens with zero attached hydrogens (tertiary/aromatic N) is 1. The van der Waals surface area contributed by atoms with Crippen molar-refractivity contribution in [2.75, 3.05) is 18.9 Å². The Morgan fingerprint density at radius 3 is 2.78 bits per heavy atom. The molecule has 94 valence electrons. The van der Waals surface area contributed by atoms with Crippen molar-refractivity contribution in [3.05, 3.63) is 29.3 Å². The SMILES string of the molecule is Cc1cc(N)cc(C(=O)OCC(=O)NCC#N)c1. The largest absolute Gasteiger partial charge is 0.452 e. The second kappa shape index (κ2) is 6.25. The van der Waals surface area contributed by atoms with Crippen LogP contribution in [0.1, 0.15) is 15.9 Å². The zero-order valence-corrected chi connectivity index (χ0v) is 9.90. The number of esters is 1.